The van der Waals surface area contributed by atoms with Gasteiger partial charge < -0.3 is 5.32 Å². The molecule has 1 aromatic carbocycles. The lowest BCUT2D eigenvalue weighted by atomic mass is 10.3. The van der Waals surface area contributed by atoms with Crippen molar-refractivity contribution in [1.29, 1.82) is 10.5 Å². The van der Waals surface area contributed by atoms with Gasteiger partial charge in [0, 0.05) is 24.4 Å². The van der Waals surface area contributed by atoms with Crippen molar-refractivity contribution in [1.82, 2.24) is 0 Å². The SMILES string of the molecule is CS(=O)(=O)c1cc(NC=C(C#N)C#N)cc(S(C)(=O)=O)c1. The van der Waals surface area contributed by atoms with E-state index in [2.05, 4.69) is 5.32 Å². The number of rotatable bonds is 4. The van der Waals surface area contributed by atoms with Crippen molar-refractivity contribution in [3.05, 3.63) is 30.0 Å². The Kier molecular flexibility index (Phi) is 4.73. The van der Waals surface area contributed by atoms with Crippen LogP contribution in [0.25, 0.3) is 0 Å². The van der Waals surface area contributed by atoms with Gasteiger partial charge in [-0.25, -0.2) is 16.8 Å². The minimum atomic E-state index is -3.61. The van der Waals surface area contributed by atoms with Crippen LogP contribution in [0.2, 0.25) is 0 Å². The normalized spacial score (nSPS) is 11.0. The molecule has 0 aliphatic carbocycles. The van der Waals surface area contributed by atoms with Gasteiger partial charge in [0.15, 0.2) is 19.7 Å². The molecule has 0 radical (unpaired) electrons. The van der Waals surface area contributed by atoms with Crippen LogP contribution in [0.1, 0.15) is 0 Å². The molecule has 0 aliphatic rings. The average molecular weight is 325 g/mol. The molecule has 7 nitrogen and oxygen atoms in total. The Bertz CT molecular complexity index is 819. The molecule has 1 aromatic rings. The van der Waals surface area contributed by atoms with Crippen LogP contribution in [0.3, 0.4) is 0 Å². The first-order valence-electron chi connectivity index (χ1n) is 5.40. The van der Waals surface area contributed by atoms with Gasteiger partial charge in [-0.2, -0.15) is 10.5 Å². The van der Waals surface area contributed by atoms with Crippen LogP contribution in [0.15, 0.2) is 39.8 Å². The van der Waals surface area contributed by atoms with Crippen molar-refractivity contribution in [3.63, 3.8) is 0 Å². The smallest absolute Gasteiger partial charge is 0.175 e. The van der Waals surface area contributed by atoms with Gasteiger partial charge in [0.25, 0.3) is 0 Å². The Morgan fingerprint density at radius 1 is 1.00 bits per heavy atom. The third kappa shape index (κ3) is 4.60. The van der Waals surface area contributed by atoms with Crippen molar-refractivity contribution < 1.29 is 16.8 Å². The summed E-state index contributed by atoms with van der Waals surface area (Å²) in [4.78, 5) is -0.367. The summed E-state index contributed by atoms with van der Waals surface area (Å²) in [5, 5.41) is 19.7. The quantitative estimate of drug-likeness (QED) is 0.812. The largest absolute Gasteiger partial charge is 0.360 e. The first kappa shape index (κ1) is 16.7. The highest BCUT2D eigenvalue weighted by molar-refractivity contribution is 7.91. The zero-order valence-corrected chi connectivity index (χ0v) is 12.8. The van der Waals surface area contributed by atoms with Gasteiger partial charge >= 0.3 is 0 Å². The number of nitrogens with one attached hydrogen (secondary N) is 1. The minimum Gasteiger partial charge on any atom is -0.360 e. The Labute approximate surface area is 123 Å². The van der Waals surface area contributed by atoms with Gasteiger partial charge in [0.1, 0.15) is 17.7 Å². The molecule has 110 valence electrons. The summed E-state index contributed by atoms with van der Waals surface area (Å²) in [7, 11) is -7.23. The van der Waals surface area contributed by atoms with E-state index in [-0.39, 0.29) is 21.1 Å². The molecule has 0 aromatic heterocycles. The molecule has 0 saturated carbocycles. The molecule has 0 unspecified atom stereocenters. The van der Waals surface area contributed by atoms with Gasteiger partial charge in [0.05, 0.1) is 9.79 Å². The Hall–Kier alpha value is -2.36. The van der Waals surface area contributed by atoms with E-state index in [1.807, 2.05) is 0 Å². The predicted molar refractivity (Wildman–Crippen MR) is 75.6 cm³/mol. The second-order valence-electron chi connectivity index (χ2n) is 4.16. The van der Waals surface area contributed by atoms with E-state index in [4.69, 9.17) is 10.5 Å². The van der Waals surface area contributed by atoms with Crippen molar-refractivity contribution in [2.24, 2.45) is 0 Å². The van der Waals surface area contributed by atoms with E-state index >= 15 is 0 Å². The topological polar surface area (TPSA) is 128 Å². The maximum Gasteiger partial charge on any atom is 0.175 e. The fourth-order valence-corrected chi connectivity index (χ4v) is 2.77. The monoisotopic (exact) mass is 325 g/mol. The van der Waals surface area contributed by atoms with Crippen molar-refractivity contribution in [3.8, 4) is 12.1 Å². The van der Waals surface area contributed by atoms with E-state index in [1.54, 1.807) is 12.1 Å². The number of nitrogens with zero attached hydrogens (tertiary/aromatic N) is 2. The van der Waals surface area contributed by atoms with E-state index in [0.717, 1.165) is 24.8 Å². The van der Waals surface area contributed by atoms with Gasteiger partial charge in [0.2, 0.25) is 0 Å². The van der Waals surface area contributed by atoms with Gasteiger partial charge in [-0.1, -0.05) is 0 Å². The summed E-state index contributed by atoms with van der Waals surface area (Å²) in [5.41, 5.74) is -0.0954. The van der Waals surface area contributed by atoms with Crippen LogP contribution in [-0.2, 0) is 19.7 Å². The first-order chi connectivity index (χ1) is 9.57. The summed E-state index contributed by atoms with van der Waals surface area (Å²) in [6, 6.07) is 6.71. The van der Waals surface area contributed by atoms with E-state index in [0.29, 0.717) is 0 Å². The zero-order valence-electron chi connectivity index (χ0n) is 11.2. The van der Waals surface area contributed by atoms with E-state index in [1.165, 1.54) is 12.1 Å². The molecule has 9 heteroatoms. The van der Waals surface area contributed by atoms with Crippen LogP contribution in [0.5, 0.6) is 0 Å². The third-order valence-electron chi connectivity index (χ3n) is 2.36. The minimum absolute atomic E-state index is 0.140. The summed E-state index contributed by atoms with van der Waals surface area (Å²) < 4.78 is 46.3. The molecular weight excluding hydrogens is 314 g/mol. The molecule has 0 heterocycles. The molecule has 0 fully saturated rings. The molecule has 0 aliphatic heterocycles. The lowest BCUT2D eigenvalue weighted by Gasteiger charge is -2.07. The maximum atomic E-state index is 11.6. The van der Waals surface area contributed by atoms with Crippen LogP contribution in [0, 0.1) is 22.7 Å². The molecular formula is C12H11N3O4S2. The van der Waals surface area contributed by atoms with Crippen LogP contribution in [0.4, 0.5) is 5.69 Å². The van der Waals surface area contributed by atoms with Gasteiger partial charge in [-0.15, -0.1) is 0 Å². The van der Waals surface area contributed by atoms with Crippen LogP contribution in [-0.4, -0.2) is 29.3 Å². The molecule has 0 bridgehead atoms. The predicted octanol–water partition coefficient (Wildman–Crippen LogP) is 0.837. The standard InChI is InChI=1S/C12H11N3O4S2/c1-20(16,17)11-3-10(15-8-9(6-13)7-14)4-12(5-11)21(2,18)19/h3-5,8,15H,1-2H3. The highest BCUT2D eigenvalue weighted by atomic mass is 32.2. The second kappa shape index (κ2) is 5.95. The van der Waals surface area contributed by atoms with Gasteiger partial charge in [-0.3, -0.25) is 0 Å². The summed E-state index contributed by atoms with van der Waals surface area (Å²) in [6.07, 6.45) is 2.96. The maximum absolute atomic E-state index is 11.6. The molecule has 0 spiro atoms. The van der Waals surface area contributed by atoms with Gasteiger partial charge in [-0.05, 0) is 18.2 Å². The summed E-state index contributed by atoms with van der Waals surface area (Å²) in [6.45, 7) is 0. The number of hydrogen-bond acceptors (Lipinski definition) is 7. The molecule has 1 rings (SSSR count). The Morgan fingerprint density at radius 2 is 1.43 bits per heavy atom. The lowest BCUT2D eigenvalue weighted by Crippen LogP contribution is -2.04. The zero-order chi connectivity index (χ0) is 16.3. The molecule has 0 atom stereocenters. The number of nitriles is 2. The summed E-state index contributed by atoms with van der Waals surface area (Å²) in [5.74, 6) is 0. The number of sulfone groups is 2. The van der Waals surface area contributed by atoms with E-state index < -0.39 is 19.7 Å². The Balaban J connectivity index is 3.45. The Morgan fingerprint density at radius 3 is 1.76 bits per heavy atom. The highest BCUT2D eigenvalue weighted by Gasteiger charge is 2.15. The number of allylic oxidation sites excluding steroid dienone is 1. The van der Waals surface area contributed by atoms with Crippen molar-refractivity contribution in [2.75, 3.05) is 17.8 Å². The van der Waals surface area contributed by atoms with E-state index in [9.17, 15) is 16.8 Å². The second-order valence-corrected chi connectivity index (χ2v) is 8.19. The number of hydrogen-bond donors (Lipinski definition) is 1. The van der Waals surface area contributed by atoms with Crippen LogP contribution >= 0.6 is 0 Å². The molecule has 0 amide bonds. The van der Waals surface area contributed by atoms with Crippen molar-refractivity contribution >= 4 is 25.4 Å². The lowest BCUT2D eigenvalue weighted by molar-refractivity contribution is 0.600. The molecule has 0 saturated heterocycles. The summed E-state index contributed by atoms with van der Waals surface area (Å²) >= 11 is 0. The number of anilines is 1. The van der Waals surface area contributed by atoms with Crippen molar-refractivity contribution in [2.45, 2.75) is 9.79 Å². The molecule has 1 N–H and O–H groups in total. The number of benzene rings is 1. The van der Waals surface area contributed by atoms with Crippen LogP contribution < -0.4 is 5.32 Å². The highest BCUT2D eigenvalue weighted by Crippen LogP contribution is 2.22. The first-order valence-corrected chi connectivity index (χ1v) is 9.18. The fraction of sp³-hybridized carbons (Fsp3) is 0.167. The third-order valence-corrected chi connectivity index (χ3v) is 4.54. The fourth-order valence-electron chi connectivity index (χ4n) is 1.33. The average Bonchev–Trinajstić information content (AvgIpc) is 2.37. The molecule has 21 heavy (non-hydrogen) atoms.